The molecule has 1 aliphatic rings. The van der Waals surface area contributed by atoms with Crippen LogP contribution in [0.25, 0.3) is 0 Å². The predicted molar refractivity (Wildman–Crippen MR) is 67.2 cm³/mol. The van der Waals surface area contributed by atoms with Gasteiger partial charge in [0.2, 0.25) is 0 Å². The maximum Gasteiger partial charge on any atom is 0.122 e. The highest BCUT2D eigenvalue weighted by molar-refractivity contribution is 5.42. The second kappa shape index (κ2) is 4.46. The van der Waals surface area contributed by atoms with Crippen LogP contribution < -0.4 is 10.1 Å². The minimum absolute atomic E-state index is 0.408. The molecule has 0 saturated heterocycles. The van der Waals surface area contributed by atoms with E-state index in [4.69, 9.17) is 4.74 Å². The molecule has 2 nitrogen and oxygen atoms in total. The summed E-state index contributed by atoms with van der Waals surface area (Å²) in [6.07, 6.45) is 3.65. The minimum atomic E-state index is 0.408. The Bertz CT molecular complexity index is 369. The van der Waals surface area contributed by atoms with E-state index in [9.17, 15) is 0 Å². The van der Waals surface area contributed by atoms with Gasteiger partial charge in [0.05, 0.1) is 7.11 Å². The maximum atomic E-state index is 5.37. The van der Waals surface area contributed by atoms with Crippen molar-refractivity contribution in [1.29, 1.82) is 0 Å². The van der Waals surface area contributed by atoms with Crippen molar-refractivity contribution >= 4 is 0 Å². The largest absolute Gasteiger partial charge is 0.496 e. The Kier molecular flexibility index (Phi) is 3.20. The number of hydrogen-bond acceptors (Lipinski definition) is 2. The first-order valence-corrected chi connectivity index (χ1v) is 6.08. The standard InChI is InChI=1S/C14H21NO/c1-4-11-9-12(5-6-13(11)16-3)14(7-8-14)10-15-2/h5-6,9,15H,4,7-8,10H2,1-3H3. The highest BCUT2D eigenvalue weighted by Gasteiger charge is 2.43. The van der Waals surface area contributed by atoms with Gasteiger partial charge >= 0.3 is 0 Å². The van der Waals surface area contributed by atoms with Gasteiger partial charge in [0, 0.05) is 12.0 Å². The Labute approximate surface area is 98.0 Å². The molecule has 0 spiro atoms. The first-order chi connectivity index (χ1) is 7.75. The molecule has 0 aromatic heterocycles. The fourth-order valence-corrected chi connectivity index (χ4v) is 2.44. The summed E-state index contributed by atoms with van der Waals surface area (Å²) < 4.78 is 5.37. The fraction of sp³-hybridized carbons (Fsp3) is 0.571. The number of methoxy groups -OCH3 is 1. The highest BCUT2D eigenvalue weighted by atomic mass is 16.5. The summed E-state index contributed by atoms with van der Waals surface area (Å²) >= 11 is 0. The first-order valence-electron chi connectivity index (χ1n) is 6.08. The van der Waals surface area contributed by atoms with Crippen molar-refractivity contribution in [3.8, 4) is 5.75 Å². The van der Waals surface area contributed by atoms with Gasteiger partial charge in [0.25, 0.3) is 0 Å². The molecule has 0 unspecified atom stereocenters. The van der Waals surface area contributed by atoms with E-state index in [-0.39, 0.29) is 0 Å². The van der Waals surface area contributed by atoms with Gasteiger partial charge in [-0.3, -0.25) is 0 Å². The molecular formula is C14H21NO. The van der Waals surface area contributed by atoms with Crippen LogP contribution in [0.1, 0.15) is 30.9 Å². The number of rotatable bonds is 5. The zero-order chi connectivity index (χ0) is 11.6. The lowest BCUT2D eigenvalue weighted by atomic mass is 9.93. The number of benzene rings is 1. The summed E-state index contributed by atoms with van der Waals surface area (Å²) in [5, 5.41) is 3.30. The molecule has 2 heteroatoms. The molecule has 0 amide bonds. The molecule has 88 valence electrons. The summed E-state index contributed by atoms with van der Waals surface area (Å²) in [5.41, 5.74) is 3.20. The lowest BCUT2D eigenvalue weighted by molar-refractivity contribution is 0.409. The lowest BCUT2D eigenvalue weighted by Crippen LogP contribution is -2.23. The van der Waals surface area contributed by atoms with Crippen molar-refractivity contribution in [3.63, 3.8) is 0 Å². The van der Waals surface area contributed by atoms with E-state index in [1.807, 2.05) is 7.05 Å². The molecule has 1 fully saturated rings. The average Bonchev–Trinajstić information content (AvgIpc) is 3.09. The van der Waals surface area contributed by atoms with Crippen LogP contribution in [0, 0.1) is 0 Å². The van der Waals surface area contributed by atoms with Gasteiger partial charge < -0.3 is 10.1 Å². The summed E-state index contributed by atoms with van der Waals surface area (Å²) in [7, 11) is 3.78. The fourth-order valence-electron chi connectivity index (χ4n) is 2.44. The summed E-state index contributed by atoms with van der Waals surface area (Å²) in [4.78, 5) is 0. The number of nitrogens with one attached hydrogen (secondary N) is 1. The van der Waals surface area contributed by atoms with Crippen LogP contribution in [0.4, 0.5) is 0 Å². The van der Waals surface area contributed by atoms with Crippen LogP contribution in [0.15, 0.2) is 18.2 Å². The maximum absolute atomic E-state index is 5.37. The number of ether oxygens (including phenoxy) is 1. The van der Waals surface area contributed by atoms with E-state index in [0.29, 0.717) is 5.41 Å². The summed E-state index contributed by atoms with van der Waals surface area (Å²) in [6, 6.07) is 6.66. The van der Waals surface area contributed by atoms with E-state index in [1.54, 1.807) is 7.11 Å². The molecule has 16 heavy (non-hydrogen) atoms. The highest BCUT2D eigenvalue weighted by Crippen LogP contribution is 2.48. The summed E-state index contributed by atoms with van der Waals surface area (Å²) in [6.45, 7) is 3.27. The predicted octanol–water partition coefficient (Wildman–Crippen LogP) is 2.51. The van der Waals surface area contributed by atoms with Crippen LogP contribution in [-0.4, -0.2) is 20.7 Å². The van der Waals surface area contributed by atoms with Crippen LogP contribution in [0.3, 0.4) is 0 Å². The monoisotopic (exact) mass is 219 g/mol. The zero-order valence-corrected chi connectivity index (χ0v) is 10.5. The Hall–Kier alpha value is -1.02. The van der Waals surface area contributed by atoms with Gasteiger partial charge in [-0.15, -0.1) is 0 Å². The Morgan fingerprint density at radius 1 is 1.38 bits per heavy atom. The normalized spacial score (nSPS) is 17.2. The van der Waals surface area contributed by atoms with Crippen LogP contribution in [-0.2, 0) is 11.8 Å². The third kappa shape index (κ3) is 1.94. The zero-order valence-electron chi connectivity index (χ0n) is 10.5. The van der Waals surface area contributed by atoms with E-state index in [0.717, 1.165) is 18.7 Å². The molecule has 0 bridgehead atoms. The van der Waals surface area contributed by atoms with Gasteiger partial charge in [-0.2, -0.15) is 0 Å². The van der Waals surface area contributed by atoms with E-state index < -0.39 is 0 Å². The number of likely N-dealkylation sites (N-methyl/N-ethyl adjacent to an activating group) is 1. The lowest BCUT2D eigenvalue weighted by Gasteiger charge is -2.17. The molecule has 0 radical (unpaired) electrons. The SMILES string of the molecule is CCc1cc(C2(CNC)CC2)ccc1OC. The van der Waals surface area contributed by atoms with Crippen molar-refractivity contribution in [2.45, 2.75) is 31.6 Å². The van der Waals surface area contributed by atoms with Crippen molar-refractivity contribution < 1.29 is 4.74 Å². The third-order valence-electron chi connectivity index (χ3n) is 3.64. The third-order valence-corrected chi connectivity index (χ3v) is 3.64. The molecule has 0 aliphatic heterocycles. The van der Waals surface area contributed by atoms with Gasteiger partial charge in [-0.1, -0.05) is 19.1 Å². The molecule has 1 N–H and O–H groups in total. The van der Waals surface area contributed by atoms with Crippen LogP contribution in [0.2, 0.25) is 0 Å². The van der Waals surface area contributed by atoms with Gasteiger partial charge in [-0.05, 0) is 43.5 Å². The van der Waals surface area contributed by atoms with Gasteiger partial charge in [-0.25, -0.2) is 0 Å². The number of hydrogen-bond donors (Lipinski definition) is 1. The Balaban J connectivity index is 2.29. The van der Waals surface area contributed by atoms with E-state index in [2.05, 4.69) is 30.4 Å². The molecule has 0 atom stereocenters. The van der Waals surface area contributed by atoms with Crippen LogP contribution >= 0.6 is 0 Å². The second-order valence-electron chi connectivity index (χ2n) is 4.69. The summed E-state index contributed by atoms with van der Waals surface area (Å²) in [5.74, 6) is 1.02. The second-order valence-corrected chi connectivity index (χ2v) is 4.69. The van der Waals surface area contributed by atoms with E-state index in [1.165, 1.54) is 24.0 Å². The van der Waals surface area contributed by atoms with Crippen molar-refractivity contribution in [2.24, 2.45) is 0 Å². The first kappa shape index (κ1) is 11.5. The van der Waals surface area contributed by atoms with Crippen molar-refractivity contribution in [3.05, 3.63) is 29.3 Å². The average molecular weight is 219 g/mol. The minimum Gasteiger partial charge on any atom is -0.496 e. The quantitative estimate of drug-likeness (QED) is 0.821. The molecule has 1 aromatic carbocycles. The Morgan fingerprint density at radius 2 is 2.12 bits per heavy atom. The van der Waals surface area contributed by atoms with E-state index >= 15 is 0 Å². The molecule has 1 saturated carbocycles. The molecule has 2 rings (SSSR count). The molecule has 1 aliphatic carbocycles. The van der Waals surface area contributed by atoms with Gasteiger partial charge in [0.15, 0.2) is 0 Å². The van der Waals surface area contributed by atoms with Gasteiger partial charge in [0.1, 0.15) is 5.75 Å². The van der Waals surface area contributed by atoms with Crippen molar-refractivity contribution in [2.75, 3.05) is 20.7 Å². The smallest absolute Gasteiger partial charge is 0.122 e. The molecule has 1 aromatic rings. The molecule has 0 heterocycles. The molecular weight excluding hydrogens is 198 g/mol. The van der Waals surface area contributed by atoms with Crippen molar-refractivity contribution in [1.82, 2.24) is 5.32 Å². The number of aryl methyl sites for hydroxylation is 1. The Morgan fingerprint density at radius 3 is 2.62 bits per heavy atom. The van der Waals surface area contributed by atoms with Crippen LogP contribution in [0.5, 0.6) is 5.75 Å². The topological polar surface area (TPSA) is 21.3 Å².